The molecular weight excluding hydrogens is 230 g/mol. The number of carbonyl (C=O) groups excluding carboxylic acids is 1. The smallest absolute Gasteiger partial charge is 0.220 e. The second kappa shape index (κ2) is 5.63. The maximum atomic E-state index is 11.4. The summed E-state index contributed by atoms with van der Waals surface area (Å²) >= 11 is 3.48. The van der Waals surface area contributed by atoms with Gasteiger partial charge in [0.1, 0.15) is 0 Å². The molecule has 0 aliphatic carbocycles. The largest absolute Gasteiger partial charge is 0.350 e. The first kappa shape index (κ1) is 12.9. The molecule has 0 aliphatic rings. The van der Waals surface area contributed by atoms with Crippen LogP contribution in [0.25, 0.3) is 0 Å². The highest BCUT2D eigenvalue weighted by atomic mass is 79.9. The fourth-order valence-corrected chi connectivity index (χ4v) is 0.973. The minimum absolute atomic E-state index is 0.151. The predicted molar refractivity (Wildman–Crippen MR) is 60.1 cm³/mol. The molecule has 0 heterocycles. The first-order valence-electron chi connectivity index (χ1n) is 4.85. The highest BCUT2D eigenvalue weighted by molar-refractivity contribution is 9.09. The Kier molecular flexibility index (Phi) is 5.61. The van der Waals surface area contributed by atoms with E-state index in [1.54, 1.807) is 0 Å². The molecule has 0 aromatic heterocycles. The summed E-state index contributed by atoms with van der Waals surface area (Å²) in [5, 5.41) is 3.00. The van der Waals surface area contributed by atoms with E-state index in [1.165, 1.54) is 0 Å². The third-order valence-electron chi connectivity index (χ3n) is 2.21. The topological polar surface area (TPSA) is 29.1 Å². The van der Waals surface area contributed by atoms with Gasteiger partial charge in [-0.05, 0) is 20.3 Å². The molecule has 0 saturated heterocycles. The summed E-state index contributed by atoms with van der Waals surface area (Å²) < 4.78 is 0. The number of hydrogen-bond donors (Lipinski definition) is 1. The van der Waals surface area contributed by atoms with E-state index in [0.717, 1.165) is 12.8 Å². The lowest BCUT2D eigenvalue weighted by Gasteiger charge is -2.29. The summed E-state index contributed by atoms with van der Waals surface area (Å²) in [6, 6.07) is 0. The lowest BCUT2D eigenvalue weighted by Crippen LogP contribution is -2.48. The van der Waals surface area contributed by atoms with Crippen molar-refractivity contribution < 1.29 is 4.79 Å². The molecule has 78 valence electrons. The van der Waals surface area contributed by atoms with Crippen LogP contribution in [0.15, 0.2) is 0 Å². The Hall–Kier alpha value is -0.0500. The zero-order valence-corrected chi connectivity index (χ0v) is 10.6. The van der Waals surface area contributed by atoms with E-state index in [9.17, 15) is 4.79 Å². The van der Waals surface area contributed by atoms with Crippen LogP contribution < -0.4 is 5.32 Å². The van der Waals surface area contributed by atoms with Gasteiger partial charge in [0.25, 0.3) is 0 Å². The normalized spacial score (nSPS) is 13.9. The minimum atomic E-state index is -0.162. The quantitative estimate of drug-likeness (QED) is 0.747. The monoisotopic (exact) mass is 249 g/mol. The Morgan fingerprint density at radius 3 is 2.46 bits per heavy atom. The van der Waals surface area contributed by atoms with E-state index < -0.39 is 0 Å². The predicted octanol–water partition coefficient (Wildman–Crippen LogP) is 2.85. The summed E-state index contributed by atoms with van der Waals surface area (Å²) in [6.07, 6.45) is 2.68. The molecule has 0 rings (SSSR count). The Bertz CT molecular complexity index is 166. The molecular formula is C10H20BrNO. The van der Waals surface area contributed by atoms with Crippen LogP contribution >= 0.6 is 15.9 Å². The number of carbonyl (C=O) groups is 1. The van der Waals surface area contributed by atoms with Crippen molar-refractivity contribution in [3.63, 3.8) is 0 Å². The molecule has 0 radical (unpaired) electrons. The molecule has 2 nitrogen and oxygen atoms in total. The molecule has 1 atom stereocenters. The zero-order valence-electron chi connectivity index (χ0n) is 8.98. The molecule has 13 heavy (non-hydrogen) atoms. The average molecular weight is 250 g/mol. The van der Waals surface area contributed by atoms with Gasteiger partial charge in [-0.1, -0.05) is 36.2 Å². The van der Waals surface area contributed by atoms with E-state index in [1.807, 2.05) is 20.8 Å². The summed E-state index contributed by atoms with van der Waals surface area (Å²) in [7, 11) is 0. The van der Waals surface area contributed by atoms with Gasteiger partial charge < -0.3 is 5.32 Å². The summed E-state index contributed by atoms with van der Waals surface area (Å²) in [6.45, 7) is 8.18. The van der Waals surface area contributed by atoms with Crippen molar-refractivity contribution in [3.05, 3.63) is 0 Å². The van der Waals surface area contributed by atoms with Crippen LogP contribution in [0.4, 0.5) is 0 Å². The van der Waals surface area contributed by atoms with Crippen LogP contribution in [-0.2, 0) is 4.79 Å². The lowest BCUT2D eigenvalue weighted by molar-refractivity contribution is -0.122. The van der Waals surface area contributed by atoms with Crippen molar-refractivity contribution in [3.8, 4) is 0 Å². The van der Waals surface area contributed by atoms with Crippen LogP contribution in [0, 0.1) is 0 Å². The van der Waals surface area contributed by atoms with Gasteiger partial charge in [0.15, 0.2) is 0 Å². The van der Waals surface area contributed by atoms with Gasteiger partial charge >= 0.3 is 0 Å². The molecule has 1 N–H and O–H groups in total. The second-order valence-electron chi connectivity index (χ2n) is 3.99. The molecule has 0 bridgehead atoms. The van der Waals surface area contributed by atoms with Crippen LogP contribution in [-0.4, -0.2) is 16.3 Å². The number of nitrogens with one attached hydrogen (secondary N) is 1. The summed E-state index contributed by atoms with van der Waals surface area (Å²) in [4.78, 5) is 11.7. The number of alkyl halides is 1. The van der Waals surface area contributed by atoms with Gasteiger partial charge in [-0.15, -0.1) is 0 Å². The number of rotatable bonds is 5. The Balaban J connectivity index is 3.90. The van der Waals surface area contributed by atoms with Gasteiger partial charge in [0, 0.05) is 16.8 Å². The molecule has 0 aromatic rings. The van der Waals surface area contributed by atoms with E-state index in [4.69, 9.17) is 0 Å². The third kappa shape index (κ3) is 5.29. The third-order valence-corrected chi connectivity index (χ3v) is 3.36. The van der Waals surface area contributed by atoms with Crippen molar-refractivity contribution in [2.45, 2.75) is 57.3 Å². The first-order valence-corrected chi connectivity index (χ1v) is 5.76. The number of unbranched alkanes of at least 4 members (excludes halogenated alkanes) is 1. The average Bonchev–Trinajstić information content (AvgIpc) is 1.99. The Morgan fingerprint density at radius 2 is 2.08 bits per heavy atom. The summed E-state index contributed by atoms with van der Waals surface area (Å²) in [5.41, 5.74) is -0.162. The molecule has 1 unspecified atom stereocenters. The highest BCUT2D eigenvalue weighted by Gasteiger charge is 2.24. The molecule has 0 aromatic carbocycles. The van der Waals surface area contributed by atoms with Crippen LogP contribution in [0.5, 0.6) is 0 Å². The highest BCUT2D eigenvalue weighted by Crippen LogP contribution is 2.16. The second-order valence-corrected chi connectivity index (χ2v) is 5.36. The van der Waals surface area contributed by atoms with Crippen LogP contribution in [0.2, 0.25) is 0 Å². The summed E-state index contributed by atoms with van der Waals surface area (Å²) in [5.74, 6) is 0.151. The van der Waals surface area contributed by atoms with Gasteiger partial charge in [-0.2, -0.15) is 0 Å². The van der Waals surface area contributed by atoms with Crippen molar-refractivity contribution in [1.29, 1.82) is 0 Å². The number of hydrogen-bond acceptors (Lipinski definition) is 1. The molecule has 0 spiro atoms. The van der Waals surface area contributed by atoms with Gasteiger partial charge in [-0.3, -0.25) is 4.79 Å². The van der Waals surface area contributed by atoms with Gasteiger partial charge in [0.05, 0.1) is 0 Å². The molecule has 0 fully saturated rings. The zero-order chi connectivity index (χ0) is 10.5. The van der Waals surface area contributed by atoms with E-state index in [0.29, 0.717) is 6.42 Å². The van der Waals surface area contributed by atoms with E-state index in [2.05, 4.69) is 28.2 Å². The first-order chi connectivity index (χ1) is 5.90. The maximum absolute atomic E-state index is 11.4. The Labute approximate surface area is 89.6 Å². The van der Waals surface area contributed by atoms with Crippen molar-refractivity contribution in [2.24, 2.45) is 0 Å². The minimum Gasteiger partial charge on any atom is -0.350 e. The van der Waals surface area contributed by atoms with Crippen LogP contribution in [0.1, 0.15) is 47.0 Å². The number of halogens is 1. The fraction of sp³-hybridized carbons (Fsp3) is 0.900. The molecule has 1 amide bonds. The van der Waals surface area contributed by atoms with Gasteiger partial charge in [0.2, 0.25) is 5.91 Å². The van der Waals surface area contributed by atoms with Crippen LogP contribution in [0.3, 0.4) is 0 Å². The van der Waals surface area contributed by atoms with Gasteiger partial charge in [-0.25, -0.2) is 0 Å². The standard InChI is InChI=1S/C10H20BrNO/c1-5-6-7-9(13)12-10(3,4)8(2)11/h8H,5-7H2,1-4H3,(H,12,13). The van der Waals surface area contributed by atoms with Crippen molar-refractivity contribution in [1.82, 2.24) is 5.32 Å². The molecule has 3 heteroatoms. The maximum Gasteiger partial charge on any atom is 0.220 e. The lowest BCUT2D eigenvalue weighted by atomic mass is 10.0. The molecule has 0 saturated carbocycles. The van der Waals surface area contributed by atoms with Crippen molar-refractivity contribution in [2.75, 3.05) is 0 Å². The van der Waals surface area contributed by atoms with E-state index in [-0.39, 0.29) is 16.3 Å². The van der Waals surface area contributed by atoms with E-state index >= 15 is 0 Å². The SMILES string of the molecule is CCCCC(=O)NC(C)(C)C(C)Br. The number of amides is 1. The Morgan fingerprint density at radius 1 is 1.54 bits per heavy atom. The fourth-order valence-electron chi connectivity index (χ4n) is 0.859. The molecule has 0 aliphatic heterocycles. The van der Waals surface area contributed by atoms with Crippen molar-refractivity contribution >= 4 is 21.8 Å².